The number of carbonyl (C=O) groups is 1. The topological polar surface area (TPSA) is 86.1 Å². The van der Waals surface area contributed by atoms with Crippen LogP contribution in [0.1, 0.15) is 10.5 Å². The molecule has 1 saturated heterocycles. The van der Waals surface area contributed by atoms with Gasteiger partial charge in [0.1, 0.15) is 13.2 Å². The molecule has 126 valence electrons. The second kappa shape index (κ2) is 6.40. The Bertz CT molecular complexity index is 739. The summed E-state index contributed by atoms with van der Waals surface area (Å²) in [5, 5.41) is 6.63. The van der Waals surface area contributed by atoms with Crippen LogP contribution in [0.15, 0.2) is 28.8 Å². The lowest BCUT2D eigenvalue weighted by molar-refractivity contribution is 0.101. The molecule has 8 nitrogen and oxygen atoms in total. The first kappa shape index (κ1) is 14.8. The summed E-state index contributed by atoms with van der Waals surface area (Å²) in [7, 11) is 0. The van der Waals surface area contributed by atoms with Gasteiger partial charge in [-0.1, -0.05) is 5.16 Å². The van der Waals surface area contributed by atoms with Crippen molar-refractivity contribution >= 4 is 17.5 Å². The molecule has 2 aliphatic rings. The van der Waals surface area contributed by atoms with E-state index in [1.165, 1.54) is 0 Å². The minimum absolute atomic E-state index is 0.228. The summed E-state index contributed by atoms with van der Waals surface area (Å²) >= 11 is 0. The van der Waals surface area contributed by atoms with Crippen molar-refractivity contribution in [2.24, 2.45) is 0 Å². The van der Waals surface area contributed by atoms with Crippen LogP contribution in [0.25, 0.3) is 0 Å². The number of hydrogen-bond acceptors (Lipinski definition) is 7. The summed E-state index contributed by atoms with van der Waals surface area (Å²) in [5.41, 5.74) is 0.839. The highest BCUT2D eigenvalue weighted by atomic mass is 16.6. The van der Waals surface area contributed by atoms with E-state index in [2.05, 4.69) is 10.5 Å². The molecule has 1 fully saturated rings. The van der Waals surface area contributed by atoms with E-state index >= 15 is 0 Å². The van der Waals surface area contributed by atoms with Crippen LogP contribution in [0.4, 0.5) is 11.6 Å². The van der Waals surface area contributed by atoms with Gasteiger partial charge in [-0.2, -0.15) is 0 Å². The predicted molar refractivity (Wildman–Crippen MR) is 84.9 cm³/mol. The predicted octanol–water partition coefficient (Wildman–Crippen LogP) is 1.53. The fourth-order valence-electron chi connectivity index (χ4n) is 2.62. The van der Waals surface area contributed by atoms with E-state index in [0.29, 0.717) is 49.5 Å². The van der Waals surface area contributed by atoms with E-state index < -0.39 is 0 Å². The first-order valence-electron chi connectivity index (χ1n) is 7.80. The number of rotatable bonds is 3. The van der Waals surface area contributed by atoms with Crippen molar-refractivity contribution in [3.8, 4) is 11.5 Å². The number of nitrogens with zero attached hydrogens (tertiary/aromatic N) is 2. The molecule has 0 radical (unpaired) electrons. The van der Waals surface area contributed by atoms with Gasteiger partial charge in [-0.15, -0.1) is 0 Å². The number of morpholine rings is 1. The van der Waals surface area contributed by atoms with Gasteiger partial charge >= 0.3 is 0 Å². The van der Waals surface area contributed by atoms with E-state index in [-0.39, 0.29) is 11.6 Å². The smallest absolute Gasteiger partial charge is 0.277 e. The van der Waals surface area contributed by atoms with Crippen molar-refractivity contribution in [2.45, 2.75) is 0 Å². The number of carbonyl (C=O) groups excluding carboxylic acids is 1. The summed E-state index contributed by atoms with van der Waals surface area (Å²) < 4.78 is 21.5. The number of benzene rings is 1. The Balaban J connectivity index is 1.45. The maximum atomic E-state index is 12.3. The molecule has 24 heavy (non-hydrogen) atoms. The Hall–Kier alpha value is -2.74. The number of aromatic nitrogens is 1. The molecule has 1 amide bonds. The first-order valence-corrected chi connectivity index (χ1v) is 7.80. The van der Waals surface area contributed by atoms with Crippen molar-refractivity contribution in [3.63, 3.8) is 0 Å². The SMILES string of the molecule is O=C(Nc1ccc2c(c1)OCCO2)c1cc(N2CCOCC2)on1. The molecule has 0 bridgehead atoms. The monoisotopic (exact) mass is 331 g/mol. The van der Waals surface area contributed by atoms with Gasteiger partial charge in [0.2, 0.25) is 5.88 Å². The van der Waals surface area contributed by atoms with E-state index in [1.807, 2.05) is 4.90 Å². The third-order valence-corrected chi connectivity index (χ3v) is 3.85. The first-order chi connectivity index (χ1) is 11.8. The number of hydrogen-bond donors (Lipinski definition) is 1. The van der Waals surface area contributed by atoms with Crippen LogP contribution in [0, 0.1) is 0 Å². The molecule has 1 aromatic heterocycles. The molecule has 0 unspecified atom stereocenters. The Morgan fingerprint density at radius 3 is 2.67 bits per heavy atom. The Morgan fingerprint density at radius 2 is 1.83 bits per heavy atom. The minimum Gasteiger partial charge on any atom is -0.486 e. The van der Waals surface area contributed by atoms with Gasteiger partial charge < -0.3 is 29.0 Å². The largest absolute Gasteiger partial charge is 0.486 e. The third kappa shape index (κ3) is 3.00. The van der Waals surface area contributed by atoms with Crippen molar-refractivity contribution < 1.29 is 23.5 Å². The van der Waals surface area contributed by atoms with Crippen molar-refractivity contribution in [2.75, 3.05) is 49.7 Å². The van der Waals surface area contributed by atoms with E-state index in [0.717, 1.165) is 13.1 Å². The molecule has 8 heteroatoms. The molecule has 1 N–H and O–H groups in total. The van der Waals surface area contributed by atoms with Gasteiger partial charge in [-0.05, 0) is 12.1 Å². The normalized spacial score (nSPS) is 16.8. The number of anilines is 2. The van der Waals surface area contributed by atoms with Crippen LogP contribution < -0.4 is 19.7 Å². The van der Waals surface area contributed by atoms with E-state index in [4.69, 9.17) is 18.7 Å². The van der Waals surface area contributed by atoms with Gasteiger partial charge in [0.05, 0.1) is 13.2 Å². The Kier molecular flexibility index (Phi) is 3.96. The number of nitrogens with one attached hydrogen (secondary N) is 1. The Morgan fingerprint density at radius 1 is 1.04 bits per heavy atom. The van der Waals surface area contributed by atoms with Gasteiger partial charge in [-0.25, -0.2) is 0 Å². The number of fused-ring (bicyclic) bond motifs is 1. The molecule has 2 aromatic rings. The molecular formula is C16H17N3O5. The quantitative estimate of drug-likeness (QED) is 0.913. The zero-order valence-electron chi connectivity index (χ0n) is 13.0. The van der Waals surface area contributed by atoms with E-state index in [9.17, 15) is 4.79 Å². The van der Waals surface area contributed by atoms with Gasteiger partial charge in [0.15, 0.2) is 17.2 Å². The molecule has 3 heterocycles. The zero-order chi connectivity index (χ0) is 16.4. The maximum absolute atomic E-state index is 12.3. The van der Waals surface area contributed by atoms with Crippen LogP contribution in [0.3, 0.4) is 0 Å². The number of amides is 1. The van der Waals surface area contributed by atoms with Crippen molar-refractivity contribution in [3.05, 3.63) is 30.0 Å². The van der Waals surface area contributed by atoms with Crippen LogP contribution >= 0.6 is 0 Å². The van der Waals surface area contributed by atoms with Gasteiger partial charge in [0.25, 0.3) is 5.91 Å². The highest BCUT2D eigenvalue weighted by Crippen LogP contribution is 2.32. The van der Waals surface area contributed by atoms with Crippen LogP contribution in [-0.4, -0.2) is 50.6 Å². The molecule has 0 spiro atoms. The fourth-order valence-corrected chi connectivity index (χ4v) is 2.62. The summed E-state index contributed by atoms with van der Waals surface area (Å²) in [4.78, 5) is 14.3. The van der Waals surface area contributed by atoms with E-state index in [1.54, 1.807) is 24.3 Å². The average Bonchev–Trinajstić information content (AvgIpc) is 3.13. The summed E-state index contributed by atoms with van der Waals surface area (Å²) in [6.45, 7) is 3.74. The molecular weight excluding hydrogens is 314 g/mol. The second-order valence-electron chi connectivity index (χ2n) is 5.46. The second-order valence-corrected chi connectivity index (χ2v) is 5.46. The number of ether oxygens (including phenoxy) is 3. The van der Waals surface area contributed by atoms with Crippen molar-refractivity contribution in [1.82, 2.24) is 5.16 Å². The molecule has 0 saturated carbocycles. The lowest BCUT2D eigenvalue weighted by Gasteiger charge is -2.25. The highest BCUT2D eigenvalue weighted by molar-refractivity contribution is 6.03. The lowest BCUT2D eigenvalue weighted by Crippen LogP contribution is -2.35. The highest BCUT2D eigenvalue weighted by Gasteiger charge is 2.20. The van der Waals surface area contributed by atoms with Gasteiger partial charge in [-0.3, -0.25) is 4.79 Å². The van der Waals surface area contributed by atoms with Crippen molar-refractivity contribution in [1.29, 1.82) is 0 Å². The molecule has 2 aliphatic heterocycles. The van der Waals surface area contributed by atoms with Gasteiger partial charge in [0, 0.05) is 30.9 Å². The average molecular weight is 331 g/mol. The molecule has 4 rings (SSSR count). The zero-order valence-corrected chi connectivity index (χ0v) is 13.0. The summed E-state index contributed by atoms with van der Waals surface area (Å²) in [6.07, 6.45) is 0. The minimum atomic E-state index is -0.338. The van der Waals surface area contributed by atoms with Crippen LogP contribution in [-0.2, 0) is 4.74 Å². The summed E-state index contributed by atoms with van der Waals surface area (Å²) in [6, 6.07) is 6.90. The maximum Gasteiger partial charge on any atom is 0.277 e. The molecule has 0 atom stereocenters. The molecule has 1 aromatic carbocycles. The standard InChI is InChI=1S/C16H17N3O5/c20-16(12-10-15(24-18-12)19-3-5-21-6-4-19)17-11-1-2-13-14(9-11)23-8-7-22-13/h1-2,9-10H,3-8H2,(H,17,20). The lowest BCUT2D eigenvalue weighted by atomic mass is 10.2. The summed E-state index contributed by atoms with van der Waals surface area (Å²) in [5.74, 6) is 1.53. The van der Waals surface area contributed by atoms with Crippen LogP contribution in [0.2, 0.25) is 0 Å². The van der Waals surface area contributed by atoms with Crippen LogP contribution in [0.5, 0.6) is 11.5 Å². The Labute approximate surface area is 138 Å². The third-order valence-electron chi connectivity index (χ3n) is 3.85. The fraction of sp³-hybridized carbons (Fsp3) is 0.375. The molecule has 0 aliphatic carbocycles.